The van der Waals surface area contributed by atoms with Crippen molar-refractivity contribution in [2.75, 3.05) is 13.2 Å². The van der Waals surface area contributed by atoms with Gasteiger partial charge in [0.15, 0.2) is 17.9 Å². The van der Waals surface area contributed by atoms with Crippen molar-refractivity contribution in [1.82, 2.24) is 4.98 Å². The standard InChI is InChI=1S/C15H13BrFNO3/c1-9-3-2-4-12(18-9)21-11-6-5-10(16)13(14(11)17)15-19-7-8-20-15/h2-6,15H,7-8H2,1H3. The van der Waals surface area contributed by atoms with Crippen molar-refractivity contribution in [1.29, 1.82) is 0 Å². The van der Waals surface area contributed by atoms with Gasteiger partial charge in [0.2, 0.25) is 5.88 Å². The maximum atomic E-state index is 14.6. The largest absolute Gasteiger partial charge is 0.436 e. The molecule has 0 bridgehead atoms. The molecule has 2 aromatic rings. The Morgan fingerprint density at radius 1 is 1.24 bits per heavy atom. The van der Waals surface area contributed by atoms with Crippen molar-refractivity contribution < 1.29 is 18.6 Å². The van der Waals surface area contributed by atoms with Crippen molar-refractivity contribution >= 4 is 15.9 Å². The summed E-state index contributed by atoms with van der Waals surface area (Å²) in [5.41, 5.74) is 1.10. The van der Waals surface area contributed by atoms with Crippen LogP contribution in [0, 0.1) is 12.7 Å². The lowest BCUT2D eigenvalue weighted by atomic mass is 10.2. The van der Waals surface area contributed by atoms with Gasteiger partial charge in [-0.05, 0) is 25.1 Å². The summed E-state index contributed by atoms with van der Waals surface area (Å²) < 4.78 is 31.5. The smallest absolute Gasteiger partial charge is 0.219 e. The molecule has 2 heterocycles. The Morgan fingerprint density at radius 2 is 2.00 bits per heavy atom. The Hall–Kier alpha value is -1.50. The highest BCUT2D eigenvalue weighted by atomic mass is 79.9. The highest BCUT2D eigenvalue weighted by molar-refractivity contribution is 9.10. The normalized spacial score (nSPS) is 15.4. The van der Waals surface area contributed by atoms with Gasteiger partial charge in [-0.1, -0.05) is 22.0 Å². The molecule has 110 valence electrons. The summed E-state index contributed by atoms with van der Waals surface area (Å²) in [4.78, 5) is 4.20. The van der Waals surface area contributed by atoms with Crippen LogP contribution in [-0.2, 0) is 9.47 Å². The third kappa shape index (κ3) is 3.07. The average molecular weight is 354 g/mol. The summed E-state index contributed by atoms with van der Waals surface area (Å²) in [6.45, 7) is 2.73. The number of hydrogen-bond donors (Lipinski definition) is 0. The number of pyridine rings is 1. The first kappa shape index (κ1) is 14.4. The second-order valence-electron chi connectivity index (χ2n) is 4.57. The van der Waals surface area contributed by atoms with Gasteiger partial charge in [0.25, 0.3) is 0 Å². The third-order valence-electron chi connectivity index (χ3n) is 3.03. The van der Waals surface area contributed by atoms with Gasteiger partial charge in [-0.3, -0.25) is 0 Å². The molecule has 6 heteroatoms. The highest BCUT2D eigenvalue weighted by Crippen LogP contribution is 2.37. The molecule has 0 amide bonds. The zero-order valence-electron chi connectivity index (χ0n) is 11.3. The van der Waals surface area contributed by atoms with Gasteiger partial charge in [-0.25, -0.2) is 9.37 Å². The SMILES string of the molecule is Cc1cccc(Oc2ccc(Br)c(C3OCCO3)c2F)n1. The van der Waals surface area contributed by atoms with Gasteiger partial charge in [-0.2, -0.15) is 0 Å². The molecular weight excluding hydrogens is 341 g/mol. The molecule has 0 radical (unpaired) electrons. The number of halogens is 2. The van der Waals surface area contributed by atoms with E-state index in [1.165, 1.54) is 0 Å². The molecule has 0 unspecified atom stereocenters. The Kier molecular flexibility index (Phi) is 4.19. The predicted molar refractivity (Wildman–Crippen MR) is 77.8 cm³/mol. The van der Waals surface area contributed by atoms with E-state index in [1.54, 1.807) is 24.3 Å². The molecule has 3 rings (SSSR count). The van der Waals surface area contributed by atoms with Crippen molar-refractivity contribution in [3.63, 3.8) is 0 Å². The topological polar surface area (TPSA) is 40.6 Å². The molecule has 1 aliphatic rings. The summed E-state index contributed by atoms with van der Waals surface area (Å²) in [5, 5.41) is 0. The molecular formula is C15H13BrFNO3. The number of aromatic nitrogens is 1. The van der Waals surface area contributed by atoms with E-state index in [4.69, 9.17) is 14.2 Å². The molecule has 0 spiro atoms. The van der Waals surface area contributed by atoms with E-state index in [9.17, 15) is 4.39 Å². The van der Waals surface area contributed by atoms with Crippen LogP contribution >= 0.6 is 15.9 Å². The Morgan fingerprint density at radius 3 is 2.71 bits per heavy atom. The van der Waals surface area contributed by atoms with Crippen LogP contribution < -0.4 is 4.74 Å². The second-order valence-corrected chi connectivity index (χ2v) is 5.42. The van der Waals surface area contributed by atoms with E-state index in [2.05, 4.69) is 20.9 Å². The van der Waals surface area contributed by atoms with Gasteiger partial charge in [0.05, 0.1) is 18.8 Å². The fourth-order valence-electron chi connectivity index (χ4n) is 2.06. The van der Waals surface area contributed by atoms with Gasteiger partial charge in [0, 0.05) is 16.2 Å². The monoisotopic (exact) mass is 353 g/mol. The fourth-order valence-corrected chi connectivity index (χ4v) is 2.55. The van der Waals surface area contributed by atoms with Crippen LogP contribution in [0.3, 0.4) is 0 Å². The van der Waals surface area contributed by atoms with Gasteiger partial charge in [-0.15, -0.1) is 0 Å². The number of benzene rings is 1. The Balaban J connectivity index is 1.94. The molecule has 21 heavy (non-hydrogen) atoms. The van der Waals surface area contributed by atoms with E-state index in [1.807, 2.05) is 13.0 Å². The highest BCUT2D eigenvalue weighted by Gasteiger charge is 2.27. The van der Waals surface area contributed by atoms with Crippen LogP contribution in [0.1, 0.15) is 17.5 Å². The first-order chi connectivity index (χ1) is 10.1. The second kappa shape index (κ2) is 6.09. The molecule has 1 aliphatic heterocycles. The molecule has 0 saturated carbocycles. The van der Waals surface area contributed by atoms with Crippen molar-refractivity contribution in [2.45, 2.75) is 13.2 Å². The number of hydrogen-bond acceptors (Lipinski definition) is 4. The minimum absolute atomic E-state index is 0.0883. The molecule has 1 aromatic heterocycles. The van der Waals surface area contributed by atoms with E-state index in [0.717, 1.165) is 5.69 Å². The summed E-state index contributed by atoms with van der Waals surface area (Å²) in [5.74, 6) is -0.0830. The average Bonchev–Trinajstić information content (AvgIpc) is 2.96. The lowest BCUT2D eigenvalue weighted by Crippen LogP contribution is -2.04. The third-order valence-corrected chi connectivity index (χ3v) is 3.72. The zero-order valence-corrected chi connectivity index (χ0v) is 12.9. The van der Waals surface area contributed by atoms with Crippen LogP contribution in [0.5, 0.6) is 11.6 Å². The molecule has 4 nitrogen and oxygen atoms in total. The maximum Gasteiger partial charge on any atom is 0.219 e. The van der Waals surface area contributed by atoms with Crippen LogP contribution in [0.15, 0.2) is 34.8 Å². The van der Waals surface area contributed by atoms with Crippen LogP contribution in [0.4, 0.5) is 4.39 Å². The number of nitrogens with zero attached hydrogens (tertiary/aromatic N) is 1. The molecule has 0 N–H and O–H groups in total. The molecule has 1 saturated heterocycles. The zero-order chi connectivity index (χ0) is 14.8. The summed E-state index contributed by atoms with van der Waals surface area (Å²) >= 11 is 3.32. The van der Waals surface area contributed by atoms with Crippen LogP contribution in [0.25, 0.3) is 0 Å². The minimum atomic E-state index is -0.714. The maximum absolute atomic E-state index is 14.6. The van der Waals surface area contributed by atoms with Crippen LogP contribution in [0.2, 0.25) is 0 Å². The molecule has 1 aromatic carbocycles. The molecule has 1 fully saturated rings. The van der Waals surface area contributed by atoms with Gasteiger partial charge >= 0.3 is 0 Å². The Labute approximate surface area is 130 Å². The number of aryl methyl sites for hydroxylation is 1. The fraction of sp³-hybridized carbons (Fsp3) is 0.267. The minimum Gasteiger partial charge on any atom is -0.436 e. The Bertz CT molecular complexity index is 659. The summed E-state index contributed by atoms with van der Waals surface area (Å²) in [7, 11) is 0. The summed E-state index contributed by atoms with van der Waals surface area (Å²) in [6, 6.07) is 8.57. The van der Waals surface area contributed by atoms with E-state index < -0.39 is 12.1 Å². The van der Waals surface area contributed by atoms with Crippen molar-refractivity contribution in [3.8, 4) is 11.6 Å². The first-order valence-electron chi connectivity index (χ1n) is 6.48. The molecule has 0 atom stereocenters. The van der Waals surface area contributed by atoms with Gasteiger partial charge in [0.1, 0.15) is 0 Å². The lowest BCUT2D eigenvalue weighted by Gasteiger charge is -2.15. The summed E-state index contributed by atoms with van der Waals surface area (Å²) in [6.07, 6.45) is -0.714. The van der Waals surface area contributed by atoms with Gasteiger partial charge < -0.3 is 14.2 Å². The predicted octanol–water partition coefficient (Wildman–Crippen LogP) is 4.13. The quantitative estimate of drug-likeness (QED) is 0.831. The molecule has 0 aliphatic carbocycles. The number of ether oxygens (including phenoxy) is 3. The van der Waals surface area contributed by atoms with Crippen LogP contribution in [-0.4, -0.2) is 18.2 Å². The van der Waals surface area contributed by atoms with E-state index in [0.29, 0.717) is 29.1 Å². The van der Waals surface area contributed by atoms with Crippen molar-refractivity contribution in [3.05, 3.63) is 51.9 Å². The van der Waals surface area contributed by atoms with Crippen molar-refractivity contribution in [2.24, 2.45) is 0 Å². The van der Waals surface area contributed by atoms with E-state index >= 15 is 0 Å². The lowest BCUT2D eigenvalue weighted by molar-refractivity contribution is -0.0472. The first-order valence-corrected chi connectivity index (χ1v) is 7.27. The van der Waals surface area contributed by atoms with E-state index in [-0.39, 0.29) is 5.75 Å². The number of rotatable bonds is 3.